The molecule has 104 valence electrons. The van der Waals surface area contributed by atoms with Gasteiger partial charge in [0.2, 0.25) is 0 Å². The maximum absolute atomic E-state index is 12.1. The SMILES string of the molecule is CS(=O)(=O)c1ccc2nc(CCC(F)(F)F)[nH]c2c1. The molecule has 4 nitrogen and oxygen atoms in total. The summed E-state index contributed by atoms with van der Waals surface area (Å²) in [6.07, 6.45) is -4.40. The van der Waals surface area contributed by atoms with E-state index in [2.05, 4.69) is 9.97 Å². The molecule has 0 spiro atoms. The van der Waals surface area contributed by atoms with Gasteiger partial charge in [0.1, 0.15) is 5.82 Å². The van der Waals surface area contributed by atoms with Crippen LogP contribution in [0.4, 0.5) is 13.2 Å². The smallest absolute Gasteiger partial charge is 0.342 e. The van der Waals surface area contributed by atoms with Crippen molar-refractivity contribution in [2.24, 2.45) is 0 Å². The number of sulfone groups is 1. The highest BCUT2D eigenvalue weighted by molar-refractivity contribution is 7.90. The van der Waals surface area contributed by atoms with E-state index < -0.39 is 22.4 Å². The van der Waals surface area contributed by atoms with Crippen LogP contribution in [0.2, 0.25) is 0 Å². The lowest BCUT2D eigenvalue weighted by atomic mass is 10.3. The van der Waals surface area contributed by atoms with Gasteiger partial charge in [0, 0.05) is 12.7 Å². The number of alkyl halides is 3. The molecule has 0 amide bonds. The molecule has 8 heteroatoms. The summed E-state index contributed by atoms with van der Waals surface area (Å²) in [6.45, 7) is 0. The molecule has 1 aromatic heterocycles. The van der Waals surface area contributed by atoms with E-state index >= 15 is 0 Å². The molecule has 1 aromatic carbocycles. The number of fused-ring (bicyclic) bond motifs is 1. The normalized spacial score (nSPS) is 13.1. The first-order chi connectivity index (χ1) is 8.65. The molecule has 0 saturated carbocycles. The molecule has 19 heavy (non-hydrogen) atoms. The second-order valence-corrected chi connectivity index (χ2v) is 6.27. The van der Waals surface area contributed by atoms with Crippen LogP contribution in [0.15, 0.2) is 23.1 Å². The van der Waals surface area contributed by atoms with E-state index in [0.29, 0.717) is 11.0 Å². The lowest BCUT2D eigenvalue weighted by Gasteiger charge is -2.02. The van der Waals surface area contributed by atoms with E-state index in [9.17, 15) is 21.6 Å². The van der Waals surface area contributed by atoms with Crippen molar-refractivity contribution >= 4 is 20.9 Å². The second kappa shape index (κ2) is 4.52. The highest BCUT2D eigenvalue weighted by Crippen LogP contribution is 2.23. The van der Waals surface area contributed by atoms with Crippen LogP contribution >= 0.6 is 0 Å². The average molecular weight is 292 g/mol. The van der Waals surface area contributed by atoms with Gasteiger partial charge in [-0.15, -0.1) is 0 Å². The quantitative estimate of drug-likeness (QED) is 0.945. The third-order valence-electron chi connectivity index (χ3n) is 2.58. The van der Waals surface area contributed by atoms with Gasteiger partial charge in [-0.1, -0.05) is 0 Å². The fourth-order valence-electron chi connectivity index (χ4n) is 1.65. The highest BCUT2D eigenvalue weighted by Gasteiger charge is 2.27. The number of aromatic amines is 1. The van der Waals surface area contributed by atoms with Crippen LogP contribution in [-0.2, 0) is 16.3 Å². The molecule has 0 bridgehead atoms. The summed E-state index contributed by atoms with van der Waals surface area (Å²) in [5.74, 6) is 0.193. The zero-order chi connectivity index (χ0) is 14.3. The van der Waals surface area contributed by atoms with E-state index in [0.717, 1.165) is 6.26 Å². The molecule has 1 heterocycles. The predicted octanol–water partition coefficient (Wildman–Crippen LogP) is 2.46. The Morgan fingerprint density at radius 3 is 2.58 bits per heavy atom. The van der Waals surface area contributed by atoms with Crippen molar-refractivity contribution in [1.29, 1.82) is 0 Å². The van der Waals surface area contributed by atoms with Crippen molar-refractivity contribution in [1.82, 2.24) is 9.97 Å². The highest BCUT2D eigenvalue weighted by atomic mass is 32.2. The molecule has 0 fully saturated rings. The van der Waals surface area contributed by atoms with E-state index in [4.69, 9.17) is 0 Å². The van der Waals surface area contributed by atoms with Gasteiger partial charge in [-0.25, -0.2) is 13.4 Å². The minimum atomic E-state index is -4.24. The first kappa shape index (κ1) is 13.9. The van der Waals surface area contributed by atoms with Crippen molar-refractivity contribution in [3.63, 3.8) is 0 Å². The van der Waals surface area contributed by atoms with Gasteiger partial charge >= 0.3 is 6.18 Å². The summed E-state index contributed by atoms with van der Waals surface area (Å²) in [5, 5.41) is 0. The number of benzene rings is 1. The van der Waals surface area contributed by atoms with Crippen LogP contribution in [-0.4, -0.2) is 30.8 Å². The Hall–Kier alpha value is -1.57. The van der Waals surface area contributed by atoms with E-state index in [1.807, 2.05) is 0 Å². The summed E-state index contributed by atoms with van der Waals surface area (Å²) in [5.41, 5.74) is 0.865. The number of rotatable bonds is 3. The Kier molecular flexibility index (Phi) is 3.29. The van der Waals surface area contributed by atoms with Crippen LogP contribution in [0.25, 0.3) is 11.0 Å². The van der Waals surface area contributed by atoms with Crippen molar-refractivity contribution in [3.05, 3.63) is 24.0 Å². The van der Waals surface area contributed by atoms with Gasteiger partial charge in [0.05, 0.1) is 22.3 Å². The molecule has 1 N–H and O–H groups in total. The molecular formula is C11H11F3N2O2S. The topological polar surface area (TPSA) is 62.8 Å². The largest absolute Gasteiger partial charge is 0.389 e. The third-order valence-corrected chi connectivity index (χ3v) is 3.69. The average Bonchev–Trinajstić information content (AvgIpc) is 2.65. The molecule has 0 aliphatic rings. The number of hydrogen-bond donors (Lipinski definition) is 1. The number of aryl methyl sites for hydroxylation is 1. The van der Waals surface area contributed by atoms with Crippen LogP contribution < -0.4 is 0 Å². The Morgan fingerprint density at radius 1 is 1.32 bits per heavy atom. The van der Waals surface area contributed by atoms with Crippen LogP contribution in [0, 0.1) is 0 Å². The van der Waals surface area contributed by atoms with Crippen molar-refractivity contribution < 1.29 is 21.6 Å². The Morgan fingerprint density at radius 2 is 2.00 bits per heavy atom. The lowest BCUT2D eigenvalue weighted by Crippen LogP contribution is -2.09. The molecule has 0 radical (unpaired) electrons. The zero-order valence-corrected chi connectivity index (χ0v) is 10.8. The second-order valence-electron chi connectivity index (χ2n) is 4.25. The predicted molar refractivity (Wildman–Crippen MR) is 63.6 cm³/mol. The van der Waals surface area contributed by atoms with Crippen molar-refractivity contribution in [2.75, 3.05) is 6.26 Å². The molecule has 0 atom stereocenters. The number of hydrogen-bond acceptors (Lipinski definition) is 3. The van der Waals surface area contributed by atoms with Crippen LogP contribution in [0.1, 0.15) is 12.2 Å². The lowest BCUT2D eigenvalue weighted by molar-refractivity contribution is -0.134. The van der Waals surface area contributed by atoms with E-state index in [1.165, 1.54) is 18.2 Å². The molecule has 0 aliphatic carbocycles. The molecule has 0 unspecified atom stereocenters. The van der Waals surface area contributed by atoms with Gasteiger partial charge < -0.3 is 4.98 Å². The summed E-state index contributed by atoms with van der Waals surface area (Å²) in [6, 6.07) is 4.22. The number of H-pyrrole nitrogens is 1. The summed E-state index contributed by atoms with van der Waals surface area (Å²) < 4.78 is 59.0. The summed E-state index contributed by atoms with van der Waals surface area (Å²) in [7, 11) is -3.35. The van der Waals surface area contributed by atoms with Gasteiger partial charge in [-0.3, -0.25) is 0 Å². The first-order valence-corrected chi connectivity index (χ1v) is 7.30. The zero-order valence-electron chi connectivity index (χ0n) is 9.95. The standard InChI is InChI=1S/C11H11F3N2O2S/c1-19(17,18)7-2-3-8-9(6-7)16-10(15-8)4-5-11(12,13)14/h2-3,6H,4-5H2,1H3,(H,15,16). The van der Waals surface area contributed by atoms with Gasteiger partial charge in [0.25, 0.3) is 0 Å². The Bertz CT molecular complexity index is 704. The molecular weight excluding hydrogens is 281 g/mol. The van der Waals surface area contributed by atoms with Crippen LogP contribution in [0.3, 0.4) is 0 Å². The summed E-state index contributed by atoms with van der Waals surface area (Å²) >= 11 is 0. The monoisotopic (exact) mass is 292 g/mol. The van der Waals surface area contributed by atoms with Gasteiger partial charge in [-0.2, -0.15) is 13.2 Å². The number of nitrogens with one attached hydrogen (secondary N) is 1. The molecule has 0 saturated heterocycles. The first-order valence-electron chi connectivity index (χ1n) is 5.41. The van der Waals surface area contributed by atoms with Crippen molar-refractivity contribution in [3.8, 4) is 0 Å². The van der Waals surface area contributed by atoms with Crippen LogP contribution in [0.5, 0.6) is 0 Å². The fourth-order valence-corrected chi connectivity index (χ4v) is 2.30. The van der Waals surface area contributed by atoms with E-state index in [-0.39, 0.29) is 17.1 Å². The number of imidazole rings is 1. The maximum atomic E-state index is 12.1. The van der Waals surface area contributed by atoms with E-state index in [1.54, 1.807) is 0 Å². The number of halogens is 3. The minimum Gasteiger partial charge on any atom is -0.342 e. The third kappa shape index (κ3) is 3.46. The minimum absolute atomic E-state index is 0.103. The number of nitrogens with zero attached hydrogens (tertiary/aromatic N) is 1. The fraction of sp³-hybridized carbons (Fsp3) is 0.364. The molecule has 0 aliphatic heterocycles. The molecule has 2 rings (SSSR count). The van der Waals surface area contributed by atoms with Crippen molar-refractivity contribution in [2.45, 2.75) is 23.9 Å². The maximum Gasteiger partial charge on any atom is 0.389 e. The van der Waals surface area contributed by atoms with Gasteiger partial charge in [-0.05, 0) is 18.2 Å². The Balaban J connectivity index is 2.31. The number of aromatic nitrogens is 2. The molecule has 2 aromatic rings. The van der Waals surface area contributed by atoms with Gasteiger partial charge in [0.15, 0.2) is 9.84 Å². The summed E-state index contributed by atoms with van der Waals surface area (Å²) in [4.78, 5) is 6.80. The Labute approximate surface area is 107 Å².